The third-order valence-electron chi connectivity index (χ3n) is 4.20. The fraction of sp³-hybridized carbons (Fsp3) is 0.273. The summed E-state index contributed by atoms with van der Waals surface area (Å²) in [7, 11) is 0. The molecule has 156 valence electrons. The van der Waals surface area contributed by atoms with Gasteiger partial charge in [-0.2, -0.15) is 5.10 Å². The lowest BCUT2D eigenvalue weighted by Gasteiger charge is -2.04. The van der Waals surface area contributed by atoms with Crippen LogP contribution in [0.25, 0.3) is 0 Å². The molecule has 30 heavy (non-hydrogen) atoms. The number of rotatable bonds is 9. The summed E-state index contributed by atoms with van der Waals surface area (Å²) in [4.78, 5) is 12.0. The number of nitrogens with one attached hydrogen (secondary N) is 1. The summed E-state index contributed by atoms with van der Waals surface area (Å²) in [6.45, 7) is 6.39. The first-order chi connectivity index (χ1) is 14.5. The van der Waals surface area contributed by atoms with Crippen molar-refractivity contribution in [3.63, 3.8) is 0 Å². The molecule has 0 radical (unpaired) electrons. The zero-order valence-electron chi connectivity index (χ0n) is 17.2. The van der Waals surface area contributed by atoms with Gasteiger partial charge in [-0.1, -0.05) is 103 Å². The normalized spacial score (nSPS) is 11.3. The Kier molecular flexibility index (Phi) is 8.48. The highest BCUT2D eigenvalue weighted by Gasteiger charge is 2.08. The minimum atomic E-state index is -0.167. The molecule has 1 heterocycles. The number of hydrazone groups is 1. The molecule has 0 atom stereocenters. The second-order valence-corrected chi connectivity index (χ2v) is 10.4. The number of aryl methyl sites for hydroxylation is 1. The third kappa shape index (κ3) is 7.27. The van der Waals surface area contributed by atoms with Crippen LogP contribution in [-0.4, -0.2) is 28.1 Å². The second kappa shape index (κ2) is 11.3. The van der Waals surface area contributed by atoms with Crippen LogP contribution in [-0.2, 0) is 10.5 Å². The fourth-order valence-electron chi connectivity index (χ4n) is 2.45. The Morgan fingerprint density at radius 3 is 2.40 bits per heavy atom. The summed E-state index contributed by atoms with van der Waals surface area (Å²) in [5.74, 6) is 1.43. The lowest BCUT2D eigenvalue weighted by molar-refractivity contribution is -0.118. The quantitative estimate of drug-likeness (QED) is 0.261. The number of thioether (sulfide) groups is 2. The lowest BCUT2D eigenvalue weighted by atomic mass is 10.0. The van der Waals surface area contributed by atoms with Crippen molar-refractivity contribution in [3.8, 4) is 0 Å². The molecule has 1 amide bonds. The lowest BCUT2D eigenvalue weighted by Crippen LogP contribution is -2.19. The van der Waals surface area contributed by atoms with E-state index < -0.39 is 0 Å². The summed E-state index contributed by atoms with van der Waals surface area (Å²) in [6.07, 6.45) is 1.65. The van der Waals surface area contributed by atoms with E-state index in [0.29, 0.717) is 5.92 Å². The molecule has 0 aliphatic rings. The summed E-state index contributed by atoms with van der Waals surface area (Å²) in [6, 6.07) is 16.6. The van der Waals surface area contributed by atoms with Crippen LogP contribution in [0, 0.1) is 6.92 Å². The van der Waals surface area contributed by atoms with Gasteiger partial charge >= 0.3 is 0 Å². The van der Waals surface area contributed by atoms with Crippen LogP contribution >= 0.6 is 34.9 Å². The Morgan fingerprint density at radius 1 is 1.07 bits per heavy atom. The molecule has 0 aliphatic carbocycles. The maximum Gasteiger partial charge on any atom is 0.250 e. The van der Waals surface area contributed by atoms with Crippen LogP contribution in [0.15, 0.2) is 62.3 Å². The van der Waals surface area contributed by atoms with Gasteiger partial charge in [-0.25, -0.2) is 5.43 Å². The predicted molar refractivity (Wildman–Crippen MR) is 128 cm³/mol. The summed E-state index contributed by atoms with van der Waals surface area (Å²) >= 11 is 4.53. The molecule has 0 unspecified atom stereocenters. The fourth-order valence-corrected chi connectivity index (χ4v) is 5.22. The number of carbonyl (C=O) groups is 1. The molecule has 0 spiro atoms. The van der Waals surface area contributed by atoms with Crippen LogP contribution in [0.3, 0.4) is 0 Å². The van der Waals surface area contributed by atoms with E-state index in [1.807, 2.05) is 12.1 Å². The molecule has 5 nitrogen and oxygen atoms in total. The molecule has 3 rings (SSSR count). The van der Waals surface area contributed by atoms with Crippen molar-refractivity contribution in [1.29, 1.82) is 0 Å². The Labute approximate surface area is 189 Å². The van der Waals surface area contributed by atoms with Crippen LogP contribution in [0.4, 0.5) is 0 Å². The number of hydrogen-bond acceptors (Lipinski definition) is 7. The third-order valence-corrected chi connectivity index (χ3v) is 7.46. The van der Waals surface area contributed by atoms with E-state index in [-0.39, 0.29) is 11.7 Å². The van der Waals surface area contributed by atoms with Crippen LogP contribution < -0.4 is 5.43 Å². The molecular weight excluding hydrogens is 432 g/mol. The number of aromatic nitrogens is 2. The van der Waals surface area contributed by atoms with Gasteiger partial charge in [0.2, 0.25) is 0 Å². The standard InChI is InChI=1S/C22H24N4OS3/c1-15(2)19-10-8-17(9-11-19)12-23-24-20(27)14-29-22-26-25-21(30-22)28-13-18-6-4-16(3)5-7-18/h4-12,15H,13-14H2,1-3H3,(H,24,27). The molecule has 0 saturated carbocycles. The summed E-state index contributed by atoms with van der Waals surface area (Å²) in [5.41, 5.74) is 7.30. The molecule has 0 aliphatic heterocycles. The van der Waals surface area contributed by atoms with Crippen molar-refractivity contribution in [2.24, 2.45) is 5.10 Å². The maximum absolute atomic E-state index is 12.0. The van der Waals surface area contributed by atoms with E-state index in [9.17, 15) is 4.79 Å². The minimum absolute atomic E-state index is 0.167. The first-order valence-corrected chi connectivity index (χ1v) is 12.3. The molecule has 1 aromatic heterocycles. The highest BCUT2D eigenvalue weighted by molar-refractivity contribution is 8.03. The molecule has 2 aromatic carbocycles. The molecule has 8 heteroatoms. The van der Waals surface area contributed by atoms with E-state index >= 15 is 0 Å². The van der Waals surface area contributed by atoms with Gasteiger partial charge in [0.1, 0.15) is 0 Å². The van der Waals surface area contributed by atoms with E-state index in [0.717, 1.165) is 20.0 Å². The molecular formula is C22H24N4OS3. The monoisotopic (exact) mass is 456 g/mol. The first-order valence-electron chi connectivity index (χ1n) is 9.56. The van der Waals surface area contributed by atoms with E-state index in [1.54, 1.807) is 18.0 Å². The number of hydrogen-bond donors (Lipinski definition) is 1. The molecule has 0 saturated heterocycles. The van der Waals surface area contributed by atoms with Gasteiger partial charge in [-0.15, -0.1) is 10.2 Å². The van der Waals surface area contributed by atoms with Gasteiger partial charge in [-0.05, 0) is 29.5 Å². The molecule has 0 bridgehead atoms. The van der Waals surface area contributed by atoms with E-state index in [1.165, 1.54) is 39.8 Å². The van der Waals surface area contributed by atoms with Crippen molar-refractivity contribution in [2.45, 2.75) is 41.1 Å². The van der Waals surface area contributed by atoms with Crippen LogP contribution in [0.5, 0.6) is 0 Å². The Bertz CT molecular complexity index is 982. The largest absolute Gasteiger partial charge is 0.272 e. The van der Waals surface area contributed by atoms with Gasteiger partial charge in [0, 0.05) is 5.75 Å². The zero-order valence-corrected chi connectivity index (χ0v) is 19.6. The van der Waals surface area contributed by atoms with Gasteiger partial charge < -0.3 is 0 Å². The number of amides is 1. The van der Waals surface area contributed by atoms with Gasteiger partial charge in [0.25, 0.3) is 5.91 Å². The smallest absolute Gasteiger partial charge is 0.250 e. The molecule has 1 N–H and O–H groups in total. The van der Waals surface area contributed by atoms with E-state index in [2.05, 4.69) is 77.9 Å². The number of benzene rings is 2. The predicted octanol–water partition coefficient (Wildman–Crippen LogP) is 5.50. The topological polar surface area (TPSA) is 67.2 Å². The Morgan fingerprint density at radius 2 is 1.73 bits per heavy atom. The minimum Gasteiger partial charge on any atom is -0.272 e. The second-order valence-electron chi connectivity index (χ2n) is 7.01. The van der Waals surface area contributed by atoms with Crippen molar-refractivity contribution in [3.05, 3.63) is 70.8 Å². The average molecular weight is 457 g/mol. The van der Waals surface area contributed by atoms with E-state index in [4.69, 9.17) is 0 Å². The number of carbonyl (C=O) groups excluding carboxylic acids is 1. The highest BCUT2D eigenvalue weighted by Crippen LogP contribution is 2.30. The van der Waals surface area contributed by atoms with Gasteiger partial charge in [0.15, 0.2) is 8.68 Å². The molecule has 3 aromatic rings. The van der Waals surface area contributed by atoms with Crippen molar-refractivity contribution < 1.29 is 4.79 Å². The van der Waals surface area contributed by atoms with Crippen LogP contribution in [0.2, 0.25) is 0 Å². The maximum atomic E-state index is 12.0. The molecule has 0 fully saturated rings. The number of nitrogens with zero attached hydrogens (tertiary/aromatic N) is 3. The summed E-state index contributed by atoms with van der Waals surface area (Å²) in [5, 5.41) is 12.4. The van der Waals surface area contributed by atoms with Gasteiger partial charge in [0.05, 0.1) is 12.0 Å². The van der Waals surface area contributed by atoms with Gasteiger partial charge in [-0.3, -0.25) is 4.79 Å². The zero-order chi connectivity index (χ0) is 21.3. The Balaban J connectivity index is 1.39. The Hall–Kier alpha value is -2.16. The van der Waals surface area contributed by atoms with Crippen molar-refractivity contribution in [2.75, 3.05) is 5.75 Å². The van der Waals surface area contributed by atoms with Crippen molar-refractivity contribution in [1.82, 2.24) is 15.6 Å². The average Bonchev–Trinajstić information content (AvgIpc) is 3.20. The first kappa shape index (κ1) is 22.5. The highest BCUT2D eigenvalue weighted by atomic mass is 32.2. The van der Waals surface area contributed by atoms with Crippen molar-refractivity contribution >= 4 is 47.0 Å². The summed E-state index contributed by atoms with van der Waals surface area (Å²) < 4.78 is 1.69. The van der Waals surface area contributed by atoms with Crippen LogP contribution in [0.1, 0.15) is 42.0 Å². The SMILES string of the molecule is Cc1ccc(CSc2nnc(SCC(=O)NN=Cc3ccc(C(C)C)cc3)s2)cc1.